The number of rotatable bonds is 4. The van der Waals surface area contributed by atoms with Gasteiger partial charge < -0.3 is 15.1 Å². The van der Waals surface area contributed by atoms with Gasteiger partial charge in [0.1, 0.15) is 30.3 Å². The van der Waals surface area contributed by atoms with Crippen molar-refractivity contribution in [3.8, 4) is 6.07 Å². The lowest BCUT2D eigenvalue weighted by atomic mass is 10.5. The maximum atomic E-state index is 8.45. The highest BCUT2D eigenvalue weighted by Crippen LogP contribution is 2.18. The maximum absolute atomic E-state index is 8.45. The monoisotopic (exact) mass is 229 g/mol. The molecule has 0 aliphatic carbocycles. The standard InChI is InChI=1S/C11H11N5O/c1-8-2-3-11(17-8)16-10-6-9(13-5-4-12)14-7-15-10/h2-3,6-7H,5H2,1H3,(H2,13,14,15,16). The molecule has 0 fully saturated rings. The zero-order chi connectivity index (χ0) is 12.1. The molecule has 0 aliphatic heterocycles. The minimum Gasteiger partial charge on any atom is -0.446 e. The lowest BCUT2D eigenvalue weighted by Crippen LogP contribution is -2.02. The Morgan fingerprint density at radius 1 is 1.35 bits per heavy atom. The molecule has 0 saturated carbocycles. The van der Waals surface area contributed by atoms with E-state index in [0.717, 1.165) is 5.76 Å². The fraction of sp³-hybridized carbons (Fsp3) is 0.182. The van der Waals surface area contributed by atoms with E-state index in [-0.39, 0.29) is 6.54 Å². The topological polar surface area (TPSA) is 86.8 Å². The molecule has 6 heteroatoms. The van der Waals surface area contributed by atoms with Gasteiger partial charge >= 0.3 is 0 Å². The number of nitrogens with zero attached hydrogens (tertiary/aromatic N) is 3. The average molecular weight is 229 g/mol. The Balaban J connectivity index is 2.08. The van der Waals surface area contributed by atoms with Gasteiger partial charge in [-0.2, -0.15) is 5.26 Å². The second-order valence-electron chi connectivity index (χ2n) is 3.34. The second-order valence-corrected chi connectivity index (χ2v) is 3.34. The van der Waals surface area contributed by atoms with Crippen molar-refractivity contribution in [1.29, 1.82) is 5.26 Å². The van der Waals surface area contributed by atoms with Crippen molar-refractivity contribution in [2.24, 2.45) is 0 Å². The summed E-state index contributed by atoms with van der Waals surface area (Å²) in [6, 6.07) is 7.36. The van der Waals surface area contributed by atoms with E-state index in [4.69, 9.17) is 9.68 Å². The van der Waals surface area contributed by atoms with E-state index >= 15 is 0 Å². The number of anilines is 3. The molecule has 0 aliphatic rings. The van der Waals surface area contributed by atoms with Crippen LogP contribution in [-0.4, -0.2) is 16.5 Å². The van der Waals surface area contributed by atoms with Crippen molar-refractivity contribution >= 4 is 17.5 Å². The second kappa shape index (κ2) is 4.99. The number of furan rings is 1. The number of aryl methyl sites for hydroxylation is 1. The maximum Gasteiger partial charge on any atom is 0.198 e. The summed E-state index contributed by atoms with van der Waals surface area (Å²) in [4.78, 5) is 8.03. The van der Waals surface area contributed by atoms with Crippen LogP contribution in [0.5, 0.6) is 0 Å². The fourth-order valence-corrected chi connectivity index (χ4v) is 1.28. The largest absolute Gasteiger partial charge is 0.446 e. The van der Waals surface area contributed by atoms with Gasteiger partial charge in [0, 0.05) is 12.1 Å². The Bertz CT molecular complexity index is 543. The lowest BCUT2D eigenvalue weighted by Gasteiger charge is -2.04. The van der Waals surface area contributed by atoms with E-state index in [1.165, 1.54) is 6.33 Å². The third kappa shape index (κ3) is 2.95. The molecule has 86 valence electrons. The van der Waals surface area contributed by atoms with Gasteiger partial charge in [-0.15, -0.1) is 0 Å². The van der Waals surface area contributed by atoms with Gasteiger partial charge in [0.15, 0.2) is 5.88 Å². The Labute approximate surface area is 98.3 Å². The zero-order valence-electron chi connectivity index (χ0n) is 9.27. The van der Waals surface area contributed by atoms with E-state index in [9.17, 15) is 0 Å². The van der Waals surface area contributed by atoms with Crippen LogP contribution in [0.1, 0.15) is 5.76 Å². The predicted octanol–water partition coefficient (Wildman–Crippen LogP) is 2.06. The molecule has 17 heavy (non-hydrogen) atoms. The summed E-state index contributed by atoms with van der Waals surface area (Å²) in [5, 5.41) is 14.3. The molecule has 0 atom stereocenters. The highest BCUT2D eigenvalue weighted by Gasteiger charge is 2.01. The molecule has 6 nitrogen and oxygen atoms in total. The summed E-state index contributed by atoms with van der Waals surface area (Å²) in [5.41, 5.74) is 0. The van der Waals surface area contributed by atoms with Crippen molar-refractivity contribution in [1.82, 2.24) is 9.97 Å². The van der Waals surface area contributed by atoms with Gasteiger partial charge in [0.05, 0.1) is 6.07 Å². The number of hydrogen-bond acceptors (Lipinski definition) is 6. The van der Waals surface area contributed by atoms with Gasteiger partial charge in [0.2, 0.25) is 0 Å². The molecule has 2 aromatic rings. The Hall–Kier alpha value is -2.55. The molecule has 2 N–H and O–H groups in total. The molecule has 0 radical (unpaired) electrons. The van der Waals surface area contributed by atoms with E-state index in [1.807, 2.05) is 25.1 Å². The first-order valence-corrected chi connectivity index (χ1v) is 5.04. The number of nitriles is 1. The van der Waals surface area contributed by atoms with Crippen molar-refractivity contribution in [3.63, 3.8) is 0 Å². The number of nitrogens with one attached hydrogen (secondary N) is 2. The van der Waals surface area contributed by atoms with Crippen LogP contribution < -0.4 is 10.6 Å². The average Bonchev–Trinajstić information content (AvgIpc) is 2.73. The van der Waals surface area contributed by atoms with Crippen LogP contribution in [0, 0.1) is 18.3 Å². The molecule has 0 saturated heterocycles. The smallest absolute Gasteiger partial charge is 0.198 e. The normalized spacial score (nSPS) is 9.65. The highest BCUT2D eigenvalue weighted by atomic mass is 16.4. The Kier molecular flexibility index (Phi) is 3.21. The molecule has 2 heterocycles. The quantitative estimate of drug-likeness (QED) is 0.780. The lowest BCUT2D eigenvalue weighted by molar-refractivity contribution is 0.551. The molecular weight excluding hydrogens is 218 g/mol. The Morgan fingerprint density at radius 2 is 2.18 bits per heavy atom. The van der Waals surface area contributed by atoms with Gasteiger partial charge in [0.25, 0.3) is 0 Å². The predicted molar refractivity (Wildman–Crippen MR) is 62.9 cm³/mol. The molecule has 0 spiro atoms. The van der Waals surface area contributed by atoms with Crippen LogP contribution in [-0.2, 0) is 0 Å². The first-order valence-electron chi connectivity index (χ1n) is 5.04. The number of hydrogen-bond donors (Lipinski definition) is 2. The van der Waals surface area contributed by atoms with Crippen molar-refractivity contribution in [3.05, 3.63) is 30.3 Å². The molecule has 0 amide bonds. The summed E-state index contributed by atoms with van der Waals surface area (Å²) in [5.74, 6) is 2.64. The molecule has 2 aromatic heterocycles. The van der Waals surface area contributed by atoms with Crippen LogP contribution in [0.15, 0.2) is 28.9 Å². The summed E-state index contributed by atoms with van der Waals surface area (Å²) >= 11 is 0. The summed E-state index contributed by atoms with van der Waals surface area (Å²) in [7, 11) is 0. The molecule has 0 bridgehead atoms. The van der Waals surface area contributed by atoms with E-state index in [0.29, 0.717) is 17.5 Å². The van der Waals surface area contributed by atoms with Crippen molar-refractivity contribution in [2.45, 2.75) is 6.92 Å². The van der Waals surface area contributed by atoms with E-state index < -0.39 is 0 Å². The SMILES string of the molecule is Cc1ccc(Nc2cc(NCC#N)ncn2)o1. The summed E-state index contributed by atoms with van der Waals surface area (Å²) < 4.78 is 5.36. The Morgan fingerprint density at radius 3 is 2.88 bits per heavy atom. The van der Waals surface area contributed by atoms with Crippen molar-refractivity contribution < 1.29 is 4.42 Å². The zero-order valence-corrected chi connectivity index (χ0v) is 9.27. The van der Waals surface area contributed by atoms with Gasteiger partial charge in [-0.25, -0.2) is 9.97 Å². The fourth-order valence-electron chi connectivity index (χ4n) is 1.28. The molecule has 0 aromatic carbocycles. The van der Waals surface area contributed by atoms with Gasteiger partial charge in [-0.1, -0.05) is 0 Å². The van der Waals surface area contributed by atoms with Crippen LogP contribution in [0.25, 0.3) is 0 Å². The summed E-state index contributed by atoms with van der Waals surface area (Å²) in [6.07, 6.45) is 1.41. The van der Waals surface area contributed by atoms with E-state index in [2.05, 4.69) is 20.6 Å². The van der Waals surface area contributed by atoms with E-state index in [1.54, 1.807) is 6.07 Å². The first-order chi connectivity index (χ1) is 8.28. The molecule has 0 unspecified atom stereocenters. The third-order valence-corrected chi connectivity index (χ3v) is 2.01. The van der Waals surface area contributed by atoms with Gasteiger partial charge in [-0.3, -0.25) is 0 Å². The number of aromatic nitrogens is 2. The summed E-state index contributed by atoms with van der Waals surface area (Å²) in [6.45, 7) is 2.07. The van der Waals surface area contributed by atoms with Crippen molar-refractivity contribution in [2.75, 3.05) is 17.2 Å². The van der Waals surface area contributed by atoms with Gasteiger partial charge in [-0.05, 0) is 13.0 Å². The van der Waals surface area contributed by atoms with Crippen LogP contribution in [0.2, 0.25) is 0 Å². The minimum absolute atomic E-state index is 0.205. The third-order valence-electron chi connectivity index (χ3n) is 2.01. The highest BCUT2D eigenvalue weighted by molar-refractivity contribution is 5.54. The first kappa shape index (κ1) is 11.0. The molecular formula is C11H11N5O. The van der Waals surface area contributed by atoms with Crippen LogP contribution in [0.3, 0.4) is 0 Å². The molecule has 2 rings (SSSR count). The van der Waals surface area contributed by atoms with Crippen LogP contribution in [0.4, 0.5) is 17.5 Å². The minimum atomic E-state index is 0.205. The van der Waals surface area contributed by atoms with Crippen LogP contribution >= 0.6 is 0 Å².